The molecule has 3 N–H and O–H groups in total. The molecule has 2 aliphatic rings. The third kappa shape index (κ3) is 2.61. The van der Waals surface area contributed by atoms with Gasteiger partial charge in [-0.05, 0) is 63.2 Å². The van der Waals surface area contributed by atoms with Crippen LogP contribution in [0.4, 0.5) is 11.8 Å². The molecule has 1 aliphatic heterocycles. The lowest BCUT2D eigenvalue weighted by Gasteiger charge is -2.24. The Labute approximate surface area is 136 Å². The summed E-state index contributed by atoms with van der Waals surface area (Å²) in [5.74, 6) is 1.57. The Bertz CT molecular complexity index is 736. The maximum absolute atomic E-state index is 4.84. The number of pyridine rings is 1. The highest BCUT2D eigenvalue weighted by molar-refractivity contribution is 5.91. The van der Waals surface area contributed by atoms with Gasteiger partial charge in [0, 0.05) is 18.8 Å². The van der Waals surface area contributed by atoms with Gasteiger partial charge in [-0.2, -0.15) is 9.97 Å². The highest BCUT2D eigenvalue weighted by Gasteiger charge is 2.21. The predicted octanol–water partition coefficient (Wildman–Crippen LogP) is 2.03. The molecule has 1 saturated heterocycles. The minimum Gasteiger partial charge on any atom is -0.372 e. The topological polar surface area (TPSA) is 74.8 Å². The summed E-state index contributed by atoms with van der Waals surface area (Å²) in [6.07, 6.45) is 5.60. The van der Waals surface area contributed by atoms with Crippen molar-refractivity contribution in [1.29, 1.82) is 0 Å². The maximum atomic E-state index is 4.84. The van der Waals surface area contributed by atoms with E-state index in [-0.39, 0.29) is 0 Å². The van der Waals surface area contributed by atoms with Crippen LogP contribution in [0, 0.1) is 6.92 Å². The summed E-state index contributed by atoms with van der Waals surface area (Å²) < 4.78 is 0. The van der Waals surface area contributed by atoms with E-state index in [0.29, 0.717) is 12.0 Å². The number of aromatic nitrogens is 3. The van der Waals surface area contributed by atoms with Crippen LogP contribution in [0.2, 0.25) is 0 Å². The summed E-state index contributed by atoms with van der Waals surface area (Å²) in [5, 5.41) is 11.2. The molecule has 0 atom stereocenters. The van der Waals surface area contributed by atoms with Crippen molar-refractivity contribution in [3.8, 4) is 0 Å². The molecule has 0 unspecified atom stereocenters. The zero-order chi connectivity index (χ0) is 15.8. The molecular weight excluding hydrogens is 288 g/mol. The van der Waals surface area contributed by atoms with E-state index >= 15 is 0 Å². The first-order valence-electron chi connectivity index (χ1n) is 8.61. The Hall–Kier alpha value is -1.95. The molecule has 0 radical (unpaired) electrons. The van der Waals surface area contributed by atoms with Gasteiger partial charge in [-0.15, -0.1) is 0 Å². The molecular formula is C17H24N6. The monoisotopic (exact) mass is 312 g/mol. The van der Waals surface area contributed by atoms with Crippen molar-refractivity contribution in [2.75, 3.05) is 30.8 Å². The summed E-state index contributed by atoms with van der Waals surface area (Å²) in [7, 11) is 1.92. The van der Waals surface area contributed by atoms with Crippen LogP contribution in [-0.4, -0.2) is 41.1 Å². The second-order valence-corrected chi connectivity index (χ2v) is 6.53. The van der Waals surface area contributed by atoms with Crippen molar-refractivity contribution >= 4 is 22.8 Å². The standard InChI is InChI=1S/C17H24N6/c1-10-12-4-3-5-13(12)21-16-14(10)15(18-2)22-17(23-16)20-11-6-8-19-9-7-11/h11,19H,3-9H2,1-2H3,(H2,18,20,21,22,23). The Morgan fingerprint density at radius 2 is 1.91 bits per heavy atom. The summed E-state index contributed by atoms with van der Waals surface area (Å²) >= 11 is 0. The lowest BCUT2D eigenvalue weighted by atomic mass is 10.0. The van der Waals surface area contributed by atoms with E-state index in [1.165, 1.54) is 23.2 Å². The van der Waals surface area contributed by atoms with Gasteiger partial charge in [-0.25, -0.2) is 4.98 Å². The molecule has 0 aromatic carbocycles. The highest BCUT2D eigenvalue weighted by Crippen LogP contribution is 2.32. The van der Waals surface area contributed by atoms with Crippen LogP contribution in [0.1, 0.15) is 36.1 Å². The van der Waals surface area contributed by atoms with Crippen LogP contribution < -0.4 is 16.0 Å². The third-order valence-electron chi connectivity index (χ3n) is 5.06. The van der Waals surface area contributed by atoms with E-state index in [4.69, 9.17) is 15.0 Å². The first-order valence-corrected chi connectivity index (χ1v) is 8.61. The predicted molar refractivity (Wildman–Crippen MR) is 93.2 cm³/mol. The normalized spacial score (nSPS) is 18.2. The third-order valence-corrected chi connectivity index (χ3v) is 5.06. The Morgan fingerprint density at radius 1 is 1.09 bits per heavy atom. The second-order valence-electron chi connectivity index (χ2n) is 6.53. The summed E-state index contributed by atoms with van der Waals surface area (Å²) in [4.78, 5) is 14.3. The van der Waals surface area contributed by atoms with Gasteiger partial charge >= 0.3 is 0 Å². The number of fused-ring (bicyclic) bond motifs is 2. The lowest BCUT2D eigenvalue weighted by molar-refractivity contribution is 0.477. The molecule has 0 bridgehead atoms. The number of piperidine rings is 1. The van der Waals surface area contributed by atoms with E-state index in [2.05, 4.69) is 22.9 Å². The Kier molecular flexibility index (Phi) is 3.77. The van der Waals surface area contributed by atoms with Crippen LogP contribution >= 0.6 is 0 Å². The molecule has 4 rings (SSSR count). The number of nitrogens with one attached hydrogen (secondary N) is 3. The van der Waals surface area contributed by atoms with Crippen molar-refractivity contribution in [3.05, 3.63) is 16.8 Å². The van der Waals surface area contributed by atoms with Crippen molar-refractivity contribution in [2.45, 2.75) is 45.1 Å². The minimum atomic E-state index is 0.439. The van der Waals surface area contributed by atoms with Gasteiger partial charge in [-0.3, -0.25) is 0 Å². The average molecular weight is 312 g/mol. The molecule has 6 heteroatoms. The highest BCUT2D eigenvalue weighted by atomic mass is 15.2. The lowest BCUT2D eigenvalue weighted by Crippen LogP contribution is -2.35. The minimum absolute atomic E-state index is 0.439. The summed E-state index contributed by atoms with van der Waals surface area (Å²) in [6.45, 7) is 4.28. The fourth-order valence-electron chi connectivity index (χ4n) is 3.80. The molecule has 1 fully saturated rings. The van der Waals surface area contributed by atoms with E-state index in [9.17, 15) is 0 Å². The van der Waals surface area contributed by atoms with Crippen LogP contribution in [0.5, 0.6) is 0 Å². The average Bonchev–Trinajstić information content (AvgIpc) is 3.04. The van der Waals surface area contributed by atoms with Gasteiger partial charge < -0.3 is 16.0 Å². The number of nitrogens with zero attached hydrogens (tertiary/aromatic N) is 3. The zero-order valence-corrected chi connectivity index (χ0v) is 13.9. The number of rotatable bonds is 3. The molecule has 2 aromatic rings. The summed E-state index contributed by atoms with van der Waals surface area (Å²) in [6, 6.07) is 0.439. The van der Waals surface area contributed by atoms with E-state index in [0.717, 1.165) is 55.6 Å². The SMILES string of the molecule is CNc1nc(NC2CCNCC2)nc2nc3c(c(C)c12)CCC3. The molecule has 0 amide bonds. The van der Waals surface area contributed by atoms with Gasteiger partial charge in [0.15, 0.2) is 5.65 Å². The van der Waals surface area contributed by atoms with Crippen LogP contribution in [0.3, 0.4) is 0 Å². The number of hydrogen-bond donors (Lipinski definition) is 3. The zero-order valence-electron chi connectivity index (χ0n) is 13.9. The van der Waals surface area contributed by atoms with Gasteiger partial charge in [-0.1, -0.05) is 0 Å². The molecule has 1 aliphatic carbocycles. The molecule has 3 heterocycles. The fourth-order valence-corrected chi connectivity index (χ4v) is 3.80. The van der Waals surface area contributed by atoms with Crippen molar-refractivity contribution in [3.63, 3.8) is 0 Å². The van der Waals surface area contributed by atoms with Gasteiger partial charge in [0.05, 0.1) is 5.39 Å². The Morgan fingerprint density at radius 3 is 2.70 bits per heavy atom. The first-order chi connectivity index (χ1) is 11.3. The van der Waals surface area contributed by atoms with Crippen LogP contribution in [0.15, 0.2) is 0 Å². The number of anilines is 2. The van der Waals surface area contributed by atoms with Crippen molar-refractivity contribution in [1.82, 2.24) is 20.3 Å². The van der Waals surface area contributed by atoms with E-state index < -0.39 is 0 Å². The van der Waals surface area contributed by atoms with Gasteiger partial charge in [0.1, 0.15) is 5.82 Å². The smallest absolute Gasteiger partial charge is 0.226 e. The molecule has 122 valence electrons. The molecule has 0 spiro atoms. The molecule has 2 aromatic heterocycles. The summed E-state index contributed by atoms with van der Waals surface area (Å²) in [5.41, 5.74) is 4.74. The van der Waals surface area contributed by atoms with Crippen LogP contribution in [-0.2, 0) is 12.8 Å². The van der Waals surface area contributed by atoms with Gasteiger partial charge in [0.25, 0.3) is 0 Å². The Balaban J connectivity index is 1.77. The van der Waals surface area contributed by atoms with E-state index in [1.54, 1.807) is 0 Å². The number of hydrogen-bond acceptors (Lipinski definition) is 6. The number of aryl methyl sites for hydroxylation is 2. The van der Waals surface area contributed by atoms with Crippen LogP contribution in [0.25, 0.3) is 11.0 Å². The second kappa shape index (κ2) is 5.92. The van der Waals surface area contributed by atoms with E-state index in [1.807, 2.05) is 7.05 Å². The molecule has 0 saturated carbocycles. The largest absolute Gasteiger partial charge is 0.372 e. The van der Waals surface area contributed by atoms with Gasteiger partial charge in [0.2, 0.25) is 5.95 Å². The van der Waals surface area contributed by atoms with Crippen molar-refractivity contribution in [2.24, 2.45) is 0 Å². The fraction of sp³-hybridized carbons (Fsp3) is 0.588. The first kappa shape index (κ1) is 14.6. The quantitative estimate of drug-likeness (QED) is 0.805. The molecule has 6 nitrogen and oxygen atoms in total. The molecule has 23 heavy (non-hydrogen) atoms. The maximum Gasteiger partial charge on any atom is 0.226 e. The van der Waals surface area contributed by atoms with Crippen molar-refractivity contribution < 1.29 is 0 Å².